The predicted molar refractivity (Wildman–Crippen MR) is 75.5 cm³/mol. The highest BCUT2D eigenvalue weighted by atomic mass is 32.1. The smallest absolute Gasteiger partial charge is 0.0417 e. The van der Waals surface area contributed by atoms with Crippen molar-refractivity contribution in [3.05, 3.63) is 22.4 Å². The standard InChI is InChI=1S/C14H24N2S/c1-10(2)13-9-16(11(3)8-15-13)12(4)14-6-5-7-17-14/h5-7,10-13,15H,8-9H2,1-4H3. The summed E-state index contributed by atoms with van der Waals surface area (Å²) in [6.45, 7) is 11.6. The van der Waals surface area contributed by atoms with Gasteiger partial charge in [-0.15, -0.1) is 11.3 Å². The van der Waals surface area contributed by atoms with Crippen molar-refractivity contribution >= 4 is 11.3 Å². The average molecular weight is 252 g/mol. The Hall–Kier alpha value is -0.380. The largest absolute Gasteiger partial charge is 0.311 e. The Kier molecular flexibility index (Phi) is 4.23. The highest BCUT2D eigenvalue weighted by molar-refractivity contribution is 7.10. The van der Waals surface area contributed by atoms with Crippen molar-refractivity contribution in [3.63, 3.8) is 0 Å². The van der Waals surface area contributed by atoms with Crippen LogP contribution in [0.1, 0.15) is 38.6 Å². The molecule has 1 aliphatic heterocycles. The zero-order valence-electron chi connectivity index (χ0n) is 11.3. The molecule has 3 heteroatoms. The van der Waals surface area contributed by atoms with Gasteiger partial charge in [0.2, 0.25) is 0 Å². The number of nitrogens with zero attached hydrogens (tertiary/aromatic N) is 1. The maximum atomic E-state index is 3.66. The van der Waals surface area contributed by atoms with E-state index in [0.29, 0.717) is 24.0 Å². The lowest BCUT2D eigenvalue weighted by atomic mass is 9.98. The van der Waals surface area contributed by atoms with Gasteiger partial charge in [0.25, 0.3) is 0 Å². The van der Waals surface area contributed by atoms with Gasteiger partial charge in [0.1, 0.15) is 0 Å². The van der Waals surface area contributed by atoms with E-state index in [1.54, 1.807) is 0 Å². The fraction of sp³-hybridized carbons (Fsp3) is 0.714. The van der Waals surface area contributed by atoms with Crippen LogP contribution in [0.3, 0.4) is 0 Å². The molecule has 1 N–H and O–H groups in total. The molecule has 1 aromatic heterocycles. The molecule has 2 rings (SSSR count). The maximum Gasteiger partial charge on any atom is 0.0417 e. The average Bonchev–Trinajstić information content (AvgIpc) is 2.81. The molecule has 0 spiro atoms. The van der Waals surface area contributed by atoms with Gasteiger partial charge in [0.05, 0.1) is 0 Å². The van der Waals surface area contributed by atoms with Crippen LogP contribution >= 0.6 is 11.3 Å². The number of rotatable bonds is 3. The molecule has 1 aromatic rings. The minimum absolute atomic E-state index is 0.549. The Morgan fingerprint density at radius 1 is 1.41 bits per heavy atom. The van der Waals surface area contributed by atoms with Gasteiger partial charge in [-0.25, -0.2) is 0 Å². The molecule has 3 atom stereocenters. The molecular weight excluding hydrogens is 228 g/mol. The normalized spacial score (nSPS) is 28.5. The monoisotopic (exact) mass is 252 g/mol. The lowest BCUT2D eigenvalue weighted by Gasteiger charge is -2.43. The maximum absolute atomic E-state index is 3.66. The zero-order valence-corrected chi connectivity index (χ0v) is 12.1. The first-order chi connectivity index (χ1) is 8.09. The summed E-state index contributed by atoms with van der Waals surface area (Å²) in [5, 5.41) is 5.84. The van der Waals surface area contributed by atoms with Crippen molar-refractivity contribution in [3.8, 4) is 0 Å². The van der Waals surface area contributed by atoms with Gasteiger partial charge in [-0.05, 0) is 31.2 Å². The minimum Gasteiger partial charge on any atom is -0.311 e. The molecule has 96 valence electrons. The van der Waals surface area contributed by atoms with Gasteiger partial charge in [0.15, 0.2) is 0 Å². The number of piperazine rings is 1. The molecule has 2 heterocycles. The van der Waals surface area contributed by atoms with Gasteiger partial charge in [-0.3, -0.25) is 4.90 Å². The first kappa shape index (κ1) is 13.1. The van der Waals surface area contributed by atoms with E-state index in [1.165, 1.54) is 4.88 Å². The van der Waals surface area contributed by atoms with Crippen LogP contribution in [0.4, 0.5) is 0 Å². The Morgan fingerprint density at radius 3 is 2.76 bits per heavy atom. The molecule has 1 saturated heterocycles. The highest BCUT2D eigenvalue weighted by Crippen LogP contribution is 2.28. The summed E-state index contributed by atoms with van der Waals surface area (Å²) in [5.41, 5.74) is 0. The van der Waals surface area contributed by atoms with Gasteiger partial charge < -0.3 is 5.32 Å². The predicted octanol–water partition coefficient (Wildman–Crippen LogP) is 3.13. The Labute approximate surface area is 109 Å². The summed E-state index contributed by atoms with van der Waals surface area (Å²) in [6, 6.07) is 6.22. The van der Waals surface area contributed by atoms with Crippen LogP contribution in [-0.2, 0) is 0 Å². The van der Waals surface area contributed by atoms with Crippen molar-refractivity contribution < 1.29 is 0 Å². The lowest BCUT2D eigenvalue weighted by molar-refractivity contribution is 0.0866. The Bertz CT molecular complexity index is 334. The topological polar surface area (TPSA) is 15.3 Å². The summed E-state index contributed by atoms with van der Waals surface area (Å²) in [4.78, 5) is 4.13. The third-order valence-corrected chi connectivity index (χ3v) is 4.95. The van der Waals surface area contributed by atoms with E-state index >= 15 is 0 Å². The van der Waals surface area contributed by atoms with E-state index in [9.17, 15) is 0 Å². The summed E-state index contributed by atoms with van der Waals surface area (Å²) >= 11 is 1.87. The third kappa shape index (κ3) is 2.90. The van der Waals surface area contributed by atoms with Crippen LogP contribution in [-0.4, -0.2) is 30.1 Å². The molecule has 0 amide bonds. The van der Waals surface area contributed by atoms with Crippen LogP contribution in [0, 0.1) is 5.92 Å². The van der Waals surface area contributed by atoms with Gasteiger partial charge in [0, 0.05) is 36.1 Å². The van der Waals surface area contributed by atoms with E-state index in [-0.39, 0.29) is 0 Å². The third-order valence-electron chi connectivity index (χ3n) is 3.91. The summed E-state index contributed by atoms with van der Waals surface area (Å²) in [7, 11) is 0. The van der Waals surface area contributed by atoms with Crippen LogP contribution in [0.2, 0.25) is 0 Å². The highest BCUT2D eigenvalue weighted by Gasteiger charge is 2.30. The molecule has 0 bridgehead atoms. The van der Waals surface area contributed by atoms with E-state index in [1.807, 2.05) is 11.3 Å². The summed E-state index contributed by atoms with van der Waals surface area (Å²) < 4.78 is 0. The molecule has 2 nitrogen and oxygen atoms in total. The van der Waals surface area contributed by atoms with Crippen LogP contribution in [0.5, 0.6) is 0 Å². The SMILES string of the molecule is CC(C)C1CN(C(C)c2cccs2)C(C)CN1. The molecule has 1 fully saturated rings. The quantitative estimate of drug-likeness (QED) is 0.889. The molecule has 0 saturated carbocycles. The summed E-state index contributed by atoms with van der Waals surface area (Å²) in [5.74, 6) is 0.709. The fourth-order valence-electron chi connectivity index (χ4n) is 2.59. The van der Waals surface area contributed by atoms with Crippen molar-refractivity contribution in [1.82, 2.24) is 10.2 Å². The number of thiophene rings is 1. The van der Waals surface area contributed by atoms with Gasteiger partial charge in [-0.2, -0.15) is 0 Å². The molecule has 0 aliphatic carbocycles. The lowest BCUT2D eigenvalue weighted by Crippen LogP contribution is -2.57. The van der Waals surface area contributed by atoms with Gasteiger partial charge >= 0.3 is 0 Å². The van der Waals surface area contributed by atoms with Crippen LogP contribution in [0.15, 0.2) is 17.5 Å². The van der Waals surface area contributed by atoms with Crippen molar-refractivity contribution in [2.45, 2.75) is 45.8 Å². The van der Waals surface area contributed by atoms with Crippen LogP contribution < -0.4 is 5.32 Å². The van der Waals surface area contributed by atoms with Crippen molar-refractivity contribution in [2.75, 3.05) is 13.1 Å². The van der Waals surface area contributed by atoms with Gasteiger partial charge in [-0.1, -0.05) is 19.9 Å². The Morgan fingerprint density at radius 2 is 2.18 bits per heavy atom. The number of hydrogen-bond donors (Lipinski definition) is 1. The molecule has 0 aromatic carbocycles. The Balaban J connectivity index is 2.07. The second kappa shape index (κ2) is 5.51. The van der Waals surface area contributed by atoms with E-state index in [0.717, 1.165) is 13.1 Å². The fourth-order valence-corrected chi connectivity index (χ4v) is 3.39. The molecular formula is C14H24N2S. The van der Waals surface area contributed by atoms with E-state index < -0.39 is 0 Å². The molecule has 3 unspecified atom stereocenters. The first-order valence-corrected chi connectivity index (χ1v) is 7.50. The first-order valence-electron chi connectivity index (χ1n) is 6.62. The van der Waals surface area contributed by atoms with E-state index in [4.69, 9.17) is 0 Å². The number of nitrogens with one attached hydrogen (secondary N) is 1. The second-order valence-electron chi connectivity index (χ2n) is 5.50. The van der Waals surface area contributed by atoms with Crippen molar-refractivity contribution in [2.24, 2.45) is 5.92 Å². The summed E-state index contributed by atoms with van der Waals surface area (Å²) in [6.07, 6.45) is 0. The molecule has 17 heavy (non-hydrogen) atoms. The zero-order chi connectivity index (χ0) is 12.4. The minimum atomic E-state index is 0.549. The van der Waals surface area contributed by atoms with E-state index in [2.05, 4.69) is 55.4 Å². The van der Waals surface area contributed by atoms with Crippen LogP contribution in [0.25, 0.3) is 0 Å². The molecule has 0 radical (unpaired) electrons. The molecule has 1 aliphatic rings. The number of hydrogen-bond acceptors (Lipinski definition) is 3. The second-order valence-corrected chi connectivity index (χ2v) is 6.48. The van der Waals surface area contributed by atoms with Crippen molar-refractivity contribution in [1.29, 1.82) is 0 Å².